The van der Waals surface area contributed by atoms with Crippen LogP contribution in [0.3, 0.4) is 0 Å². The van der Waals surface area contributed by atoms with Crippen LogP contribution in [0.2, 0.25) is 0 Å². The van der Waals surface area contributed by atoms with Gasteiger partial charge in [-0.25, -0.2) is 13.2 Å². The second kappa shape index (κ2) is 15.4. The fourth-order valence-electron chi connectivity index (χ4n) is 8.26. The lowest BCUT2D eigenvalue weighted by Gasteiger charge is -2.43. The van der Waals surface area contributed by atoms with Gasteiger partial charge < -0.3 is 29.7 Å². The molecule has 7 atom stereocenters. The Bertz CT molecular complexity index is 2010. The number of pyridine rings is 1. The number of carbonyl (C=O) groups excluding carboxylic acids is 3. The minimum atomic E-state index is -3.92. The number of benzene rings is 1. The van der Waals surface area contributed by atoms with Crippen LogP contribution in [0.15, 0.2) is 36.4 Å². The average Bonchev–Trinajstić information content (AvgIpc) is 4.04. The van der Waals surface area contributed by atoms with Crippen LogP contribution in [-0.4, -0.2) is 114 Å². The number of fused-ring (bicyclic) bond motifs is 3. The summed E-state index contributed by atoms with van der Waals surface area (Å²) in [6, 6.07) is 5.04. The van der Waals surface area contributed by atoms with Crippen molar-refractivity contribution in [3.8, 4) is 11.6 Å². The maximum Gasteiger partial charge on any atom is 0.408 e. The SMILES string of the molecule is COc1ccc2c(O[C@@H]3C[C@H]4C(=O)N[C@]5(C(=O)NS(=O)(=O)C6CC6)C[C@H]5/C=C\CC[C@H](C)C[C@@H](C)[C@H](N(C(=O)O)C(C)(C)C)C(=O)N4C3)nc(N(C)C)cc2c1. The molecule has 15 nitrogen and oxygen atoms in total. The summed E-state index contributed by atoms with van der Waals surface area (Å²) < 4.78 is 40.1. The van der Waals surface area contributed by atoms with E-state index in [1.807, 2.05) is 56.3 Å². The molecule has 4 aliphatic rings. The van der Waals surface area contributed by atoms with Crippen molar-refractivity contribution >= 4 is 50.4 Å². The van der Waals surface area contributed by atoms with E-state index in [2.05, 4.69) is 17.0 Å². The second-order valence-corrected chi connectivity index (χ2v) is 19.2. The molecule has 2 saturated carbocycles. The van der Waals surface area contributed by atoms with Gasteiger partial charge in [-0.05, 0) is 101 Å². The van der Waals surface area contributed by atoms with E-state index in [1.165, 1.54) is 9.80 Å². The van der Waals surface area contributed by atoms with Crippen molar-refractivity contribution in [3.63, 3.8) is 0 Å². The summed E-state index contributed by atoms with van der Waals surface area (Å²) in [5.74, 6) is -1.27. The molecule has 0 unspecified atom stereocenters. The van der Waals surface area contributed by atoms with Gasteiger partial charge in [0.25, 0.3) is 5.91 Å². The van der Waals surface area contributed by atoms with Crippen LogP contribution in [0.5, 0.6) is 11.6 Å². The number of hydrogen-bond acceptors (Lipinski definition) is 10. The number of aromatic nitrogens is 1. The molecule has 0 spiro atoms. The topological polar surface area (TPSA) is 188 Å². The summed E-state index contributed by atoms with van der Waals surface area (Å²) in [6.07, 6.45) is 4.82. The predicted molar refractivity (Wildman–Crippen MR) is 211 cm³/mol. The molecule has 1 saturated heterocycles. The number of methoxy groups -OCH3 is 1. The number of ether oxygens (including phenoxy) is 2. The van der Waals surface area contributed by atoms with Crippen molar-refractivity contribution in [1.29, 1.82) is 0 Å². The molecule has 2 aromatic rings. The standard InChI is InChI=1S/C40H56N6O9S/c1-23-11-9-10-12-26-21-40(26,37(49)43-56(52,53)29-14-15-29)42-34(47)31-20-28(22-45(31)36(48)33(24(2)17-23)46(38(50)51)39(3,4)5)55-35-30-16-13-27(54-8)18-25(30)19-32(41-35)44(6)7/h10,12-13,16,18-19,23-24,26,28-29,31,33H,9,11,14-15,17,20-22H2,1-8H3,(H,42,47)(H,43,49)(H,50,51)/b12-10-/t23-,24+,26+,28+,31-,33-,40+/m0/s1. The summed E-state index contributed by atoms with van der Waals surface area (Å²) in [4.78, 5) is 65.8. The summed E-state index contributed by atoms with van der Waals surface area (Å²) >= 11 is 0. The fourth-order valence-corrected chi connectivity index (χ4v) is 9.62. The van der Waals surface area contributed by atoms with E-state index in [9.17, 15) is 27.9 Å². The molecule has 0 radical (unpaired) electrons. The van der Waals surface area contributed by atoms with E-state index in [4.69, 9.17) is 14.5 Å². The van der Waals surface area contributed by atoms with Gasteiger partial charge in [0.15, 0.2) is 0 Å². The van der Waals surface area contributed by atoms with Gasteiger partial charge >= 0.3 is 6.09 Å². The molecule has 2 aliphatic carbocycles. The van der Waals surface area contributed by atoms with Gasteiger partial charge in [0.1, 0.15) is 35.3 Å². The maximum absolute atomic E-state index is 15.1. The molecule has 3 fully saturated rings. The van der Waals surface area contributed by atoms with E-state index < -0.39 is 80.2 Å². The van der Waals surface area contributed by atoms with Gasteiger partial charge in [-0.1, -0.05) is 26.0 Å². The number of allylic oxidation sites excluding steroid dienone is 1. The number of nitrogens with one attached hydrogen (secondary N) is 2. The highest BCUT2D eigenvalue weighted by Crippen LogP contribution is 2.46. The molecule has 16 heteroatoms. The van der Waals surface area contributed by atoms with Crippen LogP contribution in [0, 0.1) is 17.8 Å². The fraction of sp³-hybridized carbons (Fsp3) is 0.625. The van der Waals surface area contributed by atoms with Crippen LogP contribution in [0.4, 0.5) is 10.6 Å². The molecule has 3 heterocycles. The van der Waals surface area contributed by atoms with Gasteiger partial charge in [0.2, 0.25) is 27.7 Å². The Kier molecular flexibility index (Phi) is 11.3. The Labute approximate surface area is 329 Å². The first kappa shape index (κ1) is 41.0. The third-order valence-corrected chi connectivity index (χ3v) is 13.3. The highest BCUT2D eigenvalue weighted by atomic mass is 32.2. The zero-order valence-corrected chi connectivity index (χ0v) is 34.4. The van der Waals surface area contributed by atoms with Gasteiger partial charge in [-0.15, -0.1) is 0 Å². The zero-order chi connectivity index (χ0) is 40.9. The van der Waals surface area contributed by atoms with E-state index in [1.54, 1.807) is 33.9 Å². The normalized spacial score (nSPS) is 29.2. The first-order chi connectivity index (χ1) is 26.2. The summed E-state index contributed by atoms with van der Waals surface area (Å²) in [5.41, 5.74) is -2.52. The van der Waals surface area contributed by atoms with Gasteiger partial charge in [0.05, 0.1) is 18.9 Å². The Morgan fingerprint density at radius 1 is 1.09 bits per heavy atom. The van der Waals surface area contributed by atoms with Crippen LogP contribution in [0.25, 0.3) is 10.8 Å². The van der Waals surface area contributed by atoms with Crippen molar-refractivity contribution in [1.82, 2.24) is 24.8 Å². The third-order valence-electron chi connectivity index (χ3n) is 11.5. The molecule has 4 amide bonds. The lowest BCUT2D eigenvalue weighted by atomic mass is 9.85. The Hall–Kier alpha value is -4.60. The highest BCUT2D eigenvalue weighted by Gasteiger charge is 2.62. The van der Waals surface area contributed by atoms with Gasteiger partial charge in [-0.2, -0.15) is 4.98 Å². The number of nitrogens with zero attached hydrogens (tertiary/aromatic N) is 4. The molecule has 1 aromatic carbocycles. The molecule has 3 N–H and O–H groups in total. The molecular formula is C40H56N6O9S. The number of sulfonamides is 1. The maximum atomic E-state index is 15.1. The van der Waals surface area contributed by atoms with Crippen LogP contribution >= 0.6 is 0 Å². The number of anilines is 1. The van der Waals surface area contributed by atoms with Gasteiger partial charge in [-0.3, -0.25) is 24.0 Å². The minimum absolute atomic E-state index is 0.00175. The first-order valence-corrected chi connectivity index (χ1v) is 21.0. The van der Waals surface area contributed by atoms with Crippen molar-refractivity contribution in [2.75, 3.05) is 32.6 Å². The Morgan fingerprint density at radius 2 is 1.80 bits per heavy atom. The summed E-state index contributed by atoms with van der Waals surface area (Å²) in [7, 11) is 1.35. The quantitative estimate of drug-likeness (QED) is 0.324. The lowest BCUT2D eigenvalue weighted by Crippen LogP contribution is -2.62. The molecule has 1 aromatic heterocycles. The van der Waals surface area contributed by atoms with E-state index in [0.717, 1.165) is 11.8 Å². The van der Waals surface area contributed by atoms with Crippen molar-refractivity contribution in [2.45, 2.75) is 114 Å². The van der Waals surface area contributed by atoms with Crippen molar-refractivity contribution in [3.05, 3.63) is 36.4 Å². The number of amides is 4. The third kappa shape index (κ3) is 8.40. The molecule has 6 rings (SSSR count). The molecule has 306 valence electrons. The van der Waals surface area contributed by atoms with Gasteiger partial charge in [0, 0.05) is 37.4 Å². The molecule has 2 aliphatic heterocycles. The minimum Gasteiger partial charge on any atom is -0.497 e. The summed E-state index contributed by atoms with van der Waals surface area (Å²) in [6.45, 7) is 9.07. The Balaban J connectivity index is 1.41. The van der Waals surface area contributed by atoms with Crippen LogP contribution in [0.1, 0.15) is 79.6 Å². The van der Waals surface area contributed by atoms with Crippen molar-refractivity contribution in [2.24, 2.45) is 17.8 Å². The monoisotopic (exact) mass is 796 g/mol. The largest absolute Gasteiger partial charge is 0.497 e. The molecule has 56 heavy (non-hydrogen) atoms. The number of carbonyl (C=O) groups is 4. The predicted octanol–water partition coefficient (Wildman–Crippen LogP) is 4.30. The average molecular weight is 797 g/mol. The smallest absolute Gasteiger partial charge is 0.408 e. The summed E-state index contributed by atoms with van der Waals surface area (Å²) in [5, 5.41) is 14.3. The Morgan fingerprint density at radius 3 is 2.43 bits per heavy atom. The van der Waals surface area contributed by atoms with E-state index >= 15 is 4.79 Å². The first-order valence-electron chi connectivity index (χ1n) is 19.5. The number of carboxylic acid groups (broad SMARTS) is 1. The number of hydrogen-bond donors (Lipinski definition) is 3. The highest BCUT2D eigenvalue weighted by molar-refractivity contribution is 7.91. The molecular weight excluding hydrogens is 741 g/mol. The number of rotatable bonds is 8. The van der Waals surface area contributed by atoms with E-state index in [0.29, 0.717) is 42.6 Å². The van der Waals surface area contributed by atoms with Crippen LogP contribution < -0.4 is 24.4 Å². The zero-order valence-electron chi connectivity index (χ0n) is 33.6. The van der Waals surface area contributed by atoms with E-state index in [-0.39, 0.29) is 31.2 Å². The second-order valence-electron chi connectivity index (χ2n) is 17.3. The molecule has 0 bridgehead atoms. The lowest BCUT2D eigenvalue weighted by molar-refractivity contribution is -0.146. The van der Waals surface area contributed by atoms with Crippen molar-refractivity contribution < 1.29 is 42.2 Å². The van der Waals surface area contributed by atoms with Crippen LogP contribution in [-0.2, 0) is 24.4 Å².